The molecular weight excluding hydrogens is 550 g/mol. The molecule has 1 aromatic heterocycles. The predicted octanol–water partition coefficient (Wildman–Crippen LogP) is 3.28. The molecule has 1 aliphatic rings. The Kier molecular flexibility index (Phi) is 10.3. The van der Waals surface area contributed by atoms with Crippen LogP contribution in [0.25, 0.3) is 10.9 Å². The van der Waals surface area contributed by atoms with Gasteiger partial charge in [0.25, 0.3) is 0 Å². The van der Waals surface area contributed by atoms with Crippen molar-refractivity contribution in [2.75, 3.05) is 26.7 Å². The van der Waals surface area contributed by atoms with Crippen LogP contribution >= 0.6 is 0 Å². The van der Waals surface area contributed by atoms with Crippen LogP contribution in [0.1, 0.15) is 44.7 Å². The first-order chi connectivity index (χ1) is 20.5. The van der Waals surface area contributed by atoms with Crippen molar-refractivity contribution in [1.82, 2.24) is 25.8 Å². The Bertz CT molecular complexity index is 1440. The molecule has 4 N–H and O–H groups in total. The summed E-state index contributed by atoms with van der Waals surface area (Å²) in [4.78, 5) is 56.4. The second-order valence-corrected chi connectivity index (χ2v) is 11.7. The number of amides is 4. The molecular formula is C32H41N5O6. The van der Waals surface area contributed by atoms with Crippen LogP contribution in [0.2, 0.25) is 0 Å². The third-order valence-corrected chi connectivity index (χ3v) is 7.36. The van der Waals surface area contributed by atoms with Crippen molar-refractivity contribution in [3.05, 3.63) is 65.9 Å². The highest BCUT2D eigenvalue weighted by Gasteiger charge is 2.33. The number of carbonyl (C=O) groups excluding carboxylic acids is 4. The summed E-state index contributed by atoms with van der Waals surface area (Å²) in [6.45, 7) is 6.17. The Morgan fingerprint density at radius 1 is 0.977 bits per heavy atom. The first kappa shape index (κ1) is 31.4. The maximum Gasteiger partial charge on any atom is 0.408 e. The van der Waals surface area contributed by atoms with Crippen molar-refractivity contribution >= 4 is 34.7 Å². The van der Waals surface area contributed by atoms with Gasteiger partial charge in [0.2, 0.25) is 17.7 Å². The minimum Gasteiger partial charge on any atom is -0.496 e. The maximum absolute atomic E-state index is 13.7. The Morgan fingerprint density at radius 2 is 1.67 bits per heavy atom. The Hall–Kier alpha value is -4.54. The number of methoxy groups -OCH3 is 1. The number of carbonyl (C=O) groups is 4. The number of rotatable bonds is 10. The van der Waals surface area contributed by atoms with Crippen molar-refractivity contribution in [2.24, 2.45) is 5.92 Å². The third-order valence-electron chi connectivity index (χ3n) is 7.36. The lowest BCUT2D eigenvalue weighted by atomic mass is 9.94. The number of hydrogen-bond donors (Lipinski definition) is 4. The molecule has 230 valence electrons. The van der Waals surface area contributed by atoms with Crippen LogP contribution < -0.4 is 20.7 Å². The maximum atomic E-state index is 13.7. The van der Waals surface area contributed by atoms with Gasteiger partial charge in [-0.3, -0.25) is 14.4 Å². The van der Waals surface area contributed by atoms with E-state index in [1.807, 2.05) is 54.7 Å². The number of piperidine rings is 1. The van der Waals surface area contributed by atoms with Crippen LogP contribution in [-0.2, 0) is 32.1 Å². The summed E-state index contributed by atoms with van der Waals surface area (Å²) < 4.78 is 10.7. The molecule has 3 aromatic rings. The molecule has 11 heteroatoms. The first-order valence-electron chi connectivity index (χ1n) is 14.5. The molecule has 4 amide bonds. The normalized spacial score (nSPS) is 14.6. The lowest BCUT2D eigenvalue weighted by molar-refractivity contribution is -0.137. The second kappa shape index (κ2) is 14.1. The number of aromatic nitrogens is 1. The molecule has 1 fully saturated rings. The van der Waals surface area contributed by atoms with E-state index in [1.165, 1.54) is 0 Å². The molecule has 1 saturated heterocycles. The molecule has 43 heavy (non-hydrogen) atoms. The van der Waals surface area contributed by atoms with Crippen LogP contribution in [0, 0.1) is 5.92 Å². The van der Waals surface area contributed by atoms with Gasteiger partial charge in [-0.1, -0.05) is 36.4 Å². The summed E-state index contributed by atoms with van der Waals surface area (Å²) in [5, 5.41) is 9.26. The fourth-order valence-corrected chi connectivity index (χ4v) is 5.17. The largest absolute Gasteiger partial charge is 0.496 e. The number of ether oxygens (including phenoxy) is 2. The molecule has 1 aliphatic heterocycles. The summed E-state index contributed by atoms with van der Waals surface area (Å²) in [5.74, 6) is -0.400. The molecule has 0 spiro atoms. The van der Waals surface area contributed by atoms with Gasteiger partial charge in [-0.2, -0.15) is 0 Å². The lowest BCUT2D eigenvalue weighted by Gasteiger charge is -2.34. The zero-order valence-corrected chi connectivity index (χ0v) is 25.2. The van der Waals surface area contributed by atoms with Crippen LogP contribution in [0.5, 0.6) is 5.75 Å². The highest BCUT2D eigenvalue weighted by molar-refractivity contribution is 5.89. The minimum atomic E-state index is -0.841. The monoisotopic (exact) mass is 591 g/mol. The number of para-hydroxylation sites is 2. The number of aromatic amines is 1. The average molecular weight is 592 g/mol. The molecule has 1 atom stereocenters. The van der Waals surface area contributed by atoms with Gasteiger partial charge in [-0.15, -0.1) is 0 Å². The van der Waals surface area contributed by atoms with Crippen LogP contribution in [0.3, 0.4) is 0 Å². The van der Waals surface area contributed by atoms with E-state index in [-0.39, 0.29) is 43.1 Å². The number of likely N-dealkylation sites (tertiary alicyclic amines) is 1. The number of H-pyrrole nitrogens is 1. The Balaban J connectivity index is 1.30. The average Bonchev–Trinajstić information content (AvgIpc) is 3.40. The van der Waals surface area contributed by atoms with Crippen LogP contribution in [0.4, 0.5) is 4.79 Å². The van der Waals surface area contributed by atoms with E-state index in [1.54, 1.807) is 32.8 Å². The molecule has 11 nitrogen and oxygen atoms in total. The van der Waals surface area contributed by atoms with Gasteiger partial charge in [0, 0.05) is 54.6 Å². The predicted molar refractivity (Wildman–Crippen MR) is 162 cm³/mol. The van der Waals surface area contributed by atoms with Gasteiger partial charge in [0.15, 0.2) is 0 Å². The van der Waals surface area contributed by atoms with E-state index < -0.39 is 17.7 Å². The molecule has 0 bridgehead atoms. The standard InChI is InChI=1S/C32H41N5O6/c1-32(2,3)43-31(41)36-26(17-23-19-33-25-11-7-6-10-24(23)25)30(40)37-15-13-21(14-16-37)29(39)35-20-28(38)34-18-22-9-5-8-12-27(22)42-4/h5-12,19,21,26,33H,13-18,20H2,1-4H3,(H,34,38)(H,35,39)(H,36,41)/t26-/m0/s1. The molecule has 0 aliphatic carbocycles. The van der Waals surface area contributed by atoms with Gasteiger partial charge in [0.05, 0.1) is 13.7 Å². The van der Waals surface area contributed by atoms with Crippen LogP contribution in [-0.4, -0.2) is 72.1 Å². The summed E-state index contributed by atoms with van der Waals surface area (Å²) in [6.07, 6.45) is 2.38. The number of fused-ring (bicyclic) bond motifs is 1. The fraction of sp³-hybridized carbons (Fsp3) is 0.438. The number of hydrogen-bond acceptors (Lipinski definition) is 6. The van der Waals surface area contributed by atoms with Gasteiger partial charge in [-0.25, -0.2) is 4.79 Å². The molecule has 0 saturated carbocycles. The number of nitrogens with one attached hydrogen (secondary N) is 4. The fourth-order valence-electron chi connectivity index (χ4n) is 5.17. The van der Waals surface area contributed by atoms with E-state index in [0.29, 0.717) is 31.7 Å². The number of alkyl carbamates (subject to hydrolysis) is 1. The SMILES string of the molecule is COc1ccccc1CNC(=O)CNC(=O)C1CCN(C(=O)[C@H](Cc2c[nH]c3ccccc23)NC(=O)OC(C)(C)C)CC1. The second-order valence-electron chi connectivity index (χ2n) is 11.7. The highest BCUT2D eigenvalue weighted by atomic mass is 16.6. The van der Waals surface area contributed by atoms with Gasteiger partial charge < -0.3 is 35.3 Å². The van der Waals surface area contributed by atoms with E-state index >= 15 is 0 Å². The topological polar surface area (TPSA) is 142 Å². The van der Waals surface area contributed by atoms with Crippen molar-refractivity contribution in [1.29, 1.82) is 0 Å². The quantitative estimate of drug-likeness (QED) is 0.285. The Labute approximate surface area is 251 Å². The Morgan fingerprint density at radius 3 is 2.40 bits per heavy atom. The van der Waals surface area contributed by atoms with Crippen molar-refractivity contribution in [2.45, 2.75) is 58.2 Å². The van der Waals surface area contributed by atoms with E-state index in [9.17, 15) is 19.2 Å². The van der Waals surface area contributed by atoms with Crippen molar-refractivity contribution < 1.29 is 28.7 Å². The summed E-state index contributed by atoms with van der Waals surface area (Å²) >= 11 is 0. The van der Waals surface area contributed by atoms with Crippen LogP contribution in [0.15, 0.2) is 54.7 Å². The number of nitrogens with zero attached hydrogens (tertiary/aromatic N) is 1. The zero-order valence-electron chi connectivity index (χ0n) is 25.2. The molecule has 4 rings (SSSR count). The van der Waals surface area contributed by atoms with Gasteiger partial charge in [-0.05, 0) is 51.3 Å². The third kappa shape index (κ3) is 8.73. The van der Waals surface area contributed by atoms with E-state index in [2.05, 4.69) is 20.9 Å². The minimum absolute atomic E-state index is 0.139. The zero-order chi connectivity index (χ0) is 31.0. The van der Waals surface area contributed by atoms with E-state index in [4.69, 9.17) is 9.47 Å². The summed E-state index contributed by atoms with van der Waals surface area (Å²) in [6, 6.07) is 14.3. The summed E-state index contributed by atoms with van der Waals surface area (Å²) in [5.41, 5.74) is 1.98. The lowest BCUT2D eigenvalue weighted by Crippen LogP contribution is -2.53. The molecule has 0 unspecified atom stereocenters. The number of benzene rings is 2. The molecule has 2 aromatic carbocycles. The molecule has 0 radical (unpaired) electrons. The highest BCUT2D eigenvalue weighted by Crippen LogP contribution is 2.22. The summed E-state index contributed by atoms with van der Waals surface area (Å²) in [7, 11) is 1.57. The molecule has 2 heterocycles. The van der Waals surface area contributed by atoms with Crippen molar-refractivity contribution in [3.8, 4) is 5.75 Å². The van der Waals surface area contributed by atoms with Gasteiger partial charge >= 0.3 is 6.09 Å². The smallest absolute Gasteiger partial charge is 0.408 e. The van der Waals surface area contributed by atoms with Gasteiger partial charge in [0.1, 0.15) is 17.4 Å². The van der Waals surface area contributed by atoms with Crippen molar-refractivity contribution in [3.63, 3.8) is 0 Å². The first-order valence-corrected chi connectivity index (χ1v) is 14.5. The van der Waals surface area contributed by atoms with E-state index in [0.717, 1.165) is 22.0 Å².